The van der Waals surface area contributed by atoms with Crippen LogP contribution in [0.15, 0.2) is 72.8 Å². The Hall–Kier alpha value is -2.69. The van der Waals surface area contributed by atoms with Crippen molar-refractivity contribution >= 4 is 0 Å². The predicted molar refractivity (Wildman–Crippen MR) is 101 cm³/mol. The predicted octanol–water partition coefficient (Wildman–Crippen LogP) is 4.15. The van der Waals surface area contributed by atoms with Gasteiger partial charge in [-0.3, -0.25) is 0 Å². The molecule has 0 bridgehead atoms. The molecule has 3 rings (SSSR count). The van der Waals surface area contributed by atoms with Gasteiger partial charge in [0.1, 0.15) is 18.2 Å². The standard InChI is InChI=1S/C22H22FNO2/c23-21-3-1-2-18(14-21)15-24-12-13-26-22-10-8-20(9-11-22)19-6-4-17(16-25)5-7-19/h1-11,14,24-25H,12-13,15-16H2. The molecule has 0 fully saturated rings. The molecule has 3 nitrogen and oxygen atoms in total. The van der Waals surface area contributed by atoms with E-state index in [1.165, 1.54) is 12.1 Å². The number of halogens is 1. The van der Waals surface area contributed by atoms with E-state index in [9.17, 15) is 4.39 Å². The molecule has 0 amide bonds. The van der Waals surface area contributed by atoms with E-state index in [4.69, 9.17) is 9.84 Å². The van der Waals surface area contributed by atoms with Crippen LogP contribution in [0.5, 0.6) is 5.75 Å². The van der Waals surface area contributed by atoms with Crippen LogP contribution in [0.3, 0.4) is 0 Å². The molecule has 0 saturated heterocycles. The van der Waals surface area contributed by atoms with E-state index in [0.29, 0.717) is 19.7 Å². The Morgan fingerprint density at radius 1 is 0.846 bits per heavy atom. The zero-order chi connectivity index (χ0) is 18.2. The third-order valence-electron chi connectivity index (χ3n) is 4.09. The number of benzene rings is 3. The maximum Gasteiger partial charge on any atom is 0.123 e. The van der Waals surface area contributed by atoms with Gasteiger partial charge in [-0.15, -0.1) is 0 Å². The van der Waals surface area contributed by atoms with Crippen LogP contribution >= 0.6 is 0 Å². The first-order valence-corrected chi connectivity index (χ1v) is 8.63. The molecule has 0 heterocycles. The lowest BCUT2D eigenvalue weighted by Crippen LogP contribution is -2.20. The highest BCUT2D eigenvalue weighted by Gasteiger charge is 2.00. The van der Waals surface area contributed by atoms with Crippen LogP contribution in [0.25, 0.3) is 11.1 Å². The zero-order valence-corrected chi connectivity index (χ0v) is 14.5. The van der Waals surface area contributed by atoms with Crippen molar-refractivity contribution in [2.45, 2.75) is 13.2 Å². The molecule has 0 atom stereocenters. The topological polar surface area (TPSA) is 41.5 Å². The van der Waals surface area contributed by atoms with E-state index in [1.807, 2.05) is 54.6 Å². The van der Waals surface area contributed by atoms with Crippen LogP contribution in [0.4, 0.5) is 4.39 Å². The number of aliphatic hydroxyl groups is 1. The summed E-state index contributed by atoms with van der Waals surface area (Å²) in [5.74, 6) is 0.597. The average molecular weight is 351 g/mol. The van der Waals surface area contributed by atoms with Gasteiger partial charge in [0.15, 0.2) is 0 Å². The fourth-order valence-corrected chi connectivity index (χ4v) is 2.67. The third-order valence-corrected chi connectivity index (χ3v) is 4.09. The van der Waals surface area contributed by atoms with Gasteiger partial charge in [0, 0.05) is 13.1 Å². The van der Waals surface area contributed by atoms with E-state index >= 15 is 0 Å². The van der Waals surface area contributed by atoms with Gasteiger partial charge in [-0.25, -0.2) is 4.39 Å². The summed E-state index contributed by atoms with van der Waals surface area (Å²) < 4.78 is 18.8. The van der Waals surface area contributed by atoms with Crippen LogP contribution in [0.1, 0.15) is 11.1 Å². The fourth-order valence-electron chi connectivity index (χ4n) is 2.67. The second-order valence-corrected chi connectivity index (χ2v) is 6.03. The first kappa shape index (κ1) is 18.1. The van der Waals surface area contributed by atoms with Crippen molar-refractivity contribution in [3.8, 4) is 16.9 Å². The number of aliphatic hydroxyl groups excluding tert-OH is 1. The lowest BCUT2D eigenvalue weighted by Gasteiger charge is -2.09. The largest absolute Gasteiger partial charge is 0.492 e. The summed E-state index contributed by atoms with van der Waals surface area (Å²) >= 11 is 0. The smallest absolute Gasteiger partial charge is 0.123 e. The first-order valence-electron chi connectivity index (χ1n) is 8.63. The summed E-state index contributed by atoms with van der Waals surface area (Å²) in [5, 5.41) is 12.3. The fraction of sp³-hybridized carbons (Fsp3) is 0.182. The minimum absolute atomic E-state index is 0.0559. The lowest BCUT2D eigenvalue weighted by atomic mass is 10.0. The molecule has 0 unspecified atom stereocenters. The molecule has 0 radical (unpaired) electrons. The Bertz CT molecular complexity index is 816. The average Bonchev–Trinajstić information content (AvgIpc) is 2.68. The van der Waals surface area contributed by atoms with E-state index in [-0.39, 0.29) is 12.4 Å². The van der Waals surface area contributed by atoms with Crippen molar-refractivity contribution in [2.75, 3.05) is 13.2 Å². The highest BCUT2D eigenvalue weighted by molar-refractivity contribution is 5.64. The second kappa shape index (κ2) is 9.13. The summed E-state index contributed by atoms with van der Waals surface area (Å²) in [6.45, 7) is 1.89. The monoisotopic (exact) mass is 351 g/mol. The van der Waals surface area contributed by atoms with Gasteiger partial charge in [-0.05, 0) is 46.5 Å². The molecule has 3 aromatic rings. The van der Waals surface area contributed by atoms with Crippen molar-refractivity contribution in [3.05, 3.63) is 89.7 Å². The first-order chi connectivity index (χ1) is 12.7. The molecule has 0 spiro atoms. The van der Waals surface area contributed by atoms with Crippen LogP contribution in [0, 0.1) is 5.82 Å². The van der Waals surface area contributed by atoms with Gasteiger partial charge in [0.2, 0.25) is 0 Å². The van der Waals surface area contributed by atoms with Crippen LogP contribution in [0.2, 0.25) is 0 Å². The number of hydrogen-bond acceptors (Lipinski definition) is 3. The SMILES string of the molecule is OCc1ccc(-c2ccc(OCCNCc3cccc(F)c3)cc2)cc1. The highest BCUT2D eigenvalue weighted by atomic mass is 19.1. The molecule has 3 aromatic carbocycles. The van der Waals surface area contributed by atoms with Crippen molar-refractivity contribution in [3.63, 3.8) is 0 Å². The molecule has 0 saturated carbocycles. The van der Waals surface area contributed by atoms with Crippen LogP contribution in [-0.2, 0) is 13.2 Å². The molecule has 26 heavy (non-hydrogen) atoms. The van der Waals surface area contributed by atoms with E-state index in [2.05, 4.69) is 5.32 Å². The Labute approximate surface area is 153 Å². The Morgan fingerprint density at radius 2 is 1.54 bits per heavy atom. The normalized spacial score (nSPS) is 10.7. The molecule has 0 aliphatic heterocycles. The number of hydrogen-bond donors (Lipinski definition) is 2. The van der Waals surface area contributed by atoms with Gasteiger partial charge < -0.3 is 15.2 Å². The Kier molecular flexibility index (Phi) is 6.36. The molecule has 4 heteroatoms. The number of nitrogens with one attached hydrogen (secondary N) is 1. The minimum Gasteiger partial charge on any atom is -0.492 e. The van der Waals surface area contributed by atoms with Crippen LogP contribution in [-0.4, -0.2) is 18.3 Å². The van der Waals surface area contributed by atoms with Gasteiger partial charge >= 0.3 is 0 Å². The minimum atomic E-state index is -0.216. The van der Waals surface area contributed by atoms with Crippen LogP contribution < -0.4 is 10.1 Å². The Morgan fingerprint density at radius 3 is 2.19 bits per heavy atom. The number of rotatable bonds is 8. The van der Waals surface area contributed by atoms with Crippen molar-refractivity contribution in [2.24, 2.45) is 0 Å². The molecule has 134 valence electrons. The summed E-state index contributed by atoms with van der Waals surface area (Å²) in [6, 6.07) is 22.3. The number of ether oxygens (including phenoxy) is 1. The third kappa shape index (κ3) is 5.15. The van der Waals surface area contributed by atoms with E-state index in [1.54, 1.807) is 6.07 Å². The Balaban J connectivity index is 1.44. The maximum atomic E-state index is 13.1. The van der Waals surface area contributed by atoms with Crippen molar-refractivity contribution in [1.82, 2.24) is 5.32 Å². The molecule has 0 aromatic heterocycles. The quantitative estimate of drug-likeness (QED) is 0.599. The molecule has 0 aliphatic carbocycles. The second-order valence-electron chi connectivity index (χ2n) is 6.03. The molecule has 2 N–H and O–H groups in total. The van der Waals surface area contributed by atoms with Gasteiger partial charge in [-0.1, -0.05) is 48.5 Å². The van der Waals surface area contributed by atoms with Crippen molar-refractivity contribution < 1.29 is 14.2 Å². The summed E-state index contributed by atoms with van der Waals surface area (Å²) in [7, 11) is 0. The molecular weight excluding hydrogens is 329 g/mol. The summed E-state index contributed by atoms with van der Waals surface area (Å²) in [6.07, 6.45) is 0. The highest BCUT2D eigenvalue weighted by Crippen LogP contribution is 2.22. The van der Waals surface area contributed by atoms with Gasteiger partial charge in [-0.2, -0.15) is 0 Å². The van der Waals surface area contributed by atoms with E-state index in [0.717, 1.165) is 28.0 Å². The summed E-state index contributed by atoms with van der Waals surface area (Å²) in [4.78, 5) is 0. The molecule has 0 aliphatic rings. The van der Waals surface area contributed by atoms with Crippen molar-refractivity contribution in [1.29, 1.82) is 0 Å². The van der Waals surface area contributed by atoms with Gasteiger partial charge in [0.25, 0.3) is 0 Å². The summed E-state index contributed by atoms with van der Waals surface area (Å²) in [5.41, 5.74) is 4.03. The van der Waals surface area contributed by atoms with E-state index < -0.39 is 0 Å². The lowest BCUT2D eigenvalue weighted by molar-refractivity contribution is 0.282. The molecular formula is C22H22FNO2. The zero-order valence-electron chi connectivity index (χ0n) is 14.5. The maximum absolute atomic E-state index is 13.1. The van der Waals surface area contributed by atoms with Gasteiger partial charge in [0.05, 0.1) is 6.61 Å².